The molecule has 236 valence electrons. The molecule has 9 unspecified atom stereocenters. The van der Waals surface area contributed by atoms with Crippen molar-refractivity contribution in [2.24, 2.45) is 33.5 Å². The Morgan fingerprint density at radius 1 is 1.07 bits per heavy atom. The Hall–Kier alpha value is -1.36. The number of fused-ring (bicyclic) bond motifs is 1. The van der Waals surface area contributed by atoms with Crippen molar-refractivity contribution in [3.05, 3.63) is 45.7 Å². The third kappa shape index (κ3) is 4.17. The number of nitrogens with zero attached hydrogens (tertiary/aromatic N) is 1. The first-order chi connectivity index (χ1) is 20.2. The van der Waals surface area contributed by atoms with Crippen LogP contribution in [0.2, 0.25) is 0 Å². The van der Waals surface area contributed by atoms with Gasteiger partial charge in [0, 0.05) is 46.4 Å². The van der Waals surface area contributed by atoms with Gasteiger partial charge >= 0.3 is 0 Å². The number of hydrogen-bond donors (Lipinski definition) is 2. The first-order valence-electron chi connectivity index (χ1n) is 16.2. The zero-order chi connectivity index (χ0) is 30.6. The van der Waals surface area contributed by atoms with Gasteiger partial charge in [-0.1, -0.05) is 32.1 Å². The van der Waals surface area contributed by atoms with E-state index in [1.165, 1.54) is 21.9 Å². The maximum absolute atomic E-state index is 14.5. The molecule has 2 heterocycles. The lowest BCUT2D eigenvalue weighted by atomic mass is 9.32. The molecule has 0 radical (unpaired) electrons. The molecule has 7 aliphatic rings. The third-order valence-electron chi connectivity index (χ3n) is 13.3. The fourth-order valence-electron chi connectivity index (χ4n) is 10.9. The smallest absolute Gasteiger partial charge is 0.211 e. The van der Waals surface area contributed by atoms with Crippen LogP contribution in [0.3, 0.4) is 0 Å². The van der Waals surface area contributed by atoms with E-state index in [2.05, 4.69) is 32.1 Å². The van der Waals surface area contributed by atoms with Crippen molar-refractivity contribution in [3.63, 3.8) is 0 Å². The van der Waals surface area contributed by atoms with Crippen molar-refractivity contribution in [1.29, 1.82) is 0 Å². The number of aliphatic hydroxyl groups excluding tert-OH is 1. The van der Waals surface area contributed by atoms with Crippen LogP contribution in [-0.4, -0.2) is 72.5 Å². The molecule has 1 aliphatic heterocycles. The fraction of sp³-hybridized carbons (Fsp3) is 0.735. The number of carbonyl (C=O) groups excluding carboxylic acids is 1. The van der Waals surface area contributed by atoms with Crippen LogP contribution in [0.5, 0.6) is 0 Å². The molecule has 9 atom stereocenters. The Kier molecular flexibility index (Phi) is 6.92. The zero-order valence-electron chi connectivity index (χ0n) is 26.0. The second kappa shape index (κ2) is 9.82. The Morgan fingerprint density at radius 2 is 1.79 bits per heavy atom. The minimum Gasteiger partial charge on any atom is -0.393 e. The summed E-state index contributed by atoms with van der Waals surface area (Å²) in [5, 5.41) is 23.5. The molecule has 4 fully saturated rings. The van der Waals surface area contributed by atoms with Crippen molar-refractivity contribution in [1.82, 2.24) is 4.31 Å². The van der Waals surface area contributed by atoms with E-state index in [0.29, 0.717) is 19.4 Å². The number of rotatable bonds is 7. The van der Waals surface area contributed by atoms with Crippen LogP contribution in [0.4, 0.5) is 0 Å². The van der Waals surface area contributed by atoms with E-state index in [4.69, 9.17) is 4.74 Å². The van der Waals surface area contributed by atoms with Crippen LogP contribution in [0.25, 0.3) is 0 Å². The molecule has 8 rings (SSSR count). The predicted molar refractivity (Wildman–Crippen MR) is 167 cm³/mol. The fourth-order valence-corrected chi connectivity index (χ4v) is 12.6. The molecule has 2 bridgehead atoms. The summed E-state index contributed by atoms with van der Waals surface area (Å²) in [4.78, 5) is 16.4. The summed E-state index contributed by atoms with van der Waals surface area (Å²) < 4.78 is 33.4. The number of ether oxygens (including phenoxy) is 1. The zero-order valence-corrected chi connectivity index (χ0v) is 27.6. The van der Waals surface area contributed by atoms with Gasteiger partial charge in [0.25, 0.3) is 0 Å². The lowest BCUT2D eigenvalue weighted by Crippen LogP contribution is -2.67. The number of sulfonamides is 1. The molecule has 2 spiro atoms. The maximum Gasteiger partial charge on any atom is 0.211 e. The Bertz CT molecular complexity index is 1490. The van der Waals surface area contributed by atoms with Crippen LogP contribution in [0, 0.1) is 40.4 Å². The standard InChI is InChI=1S/C34H47NO6S2/c1-22-7-8-26(42-22)29(37)25-19-32-15-16-34(25)27(30(32,2)12-9-23(36)18-32)10-13-31(3)28(34)11-14-33(31,38)21-35(43(4,39)40)20-24-6-5-17-41-24/h7-8,15-16,19,23-24,27-28,36,38H,5-6,9-14,17-18,20-21H2,1-4H3. The van der Waals surface area contributed by atoms with Crippen molar-refractivity contribution < 1.29 is 28.2 Å². The molecular weight excluding hydrogens is 583 g/mol. The van der Waals surface area contributed by atoms with E-state index in [9.17, 15) is 23.4 Å². The Labute approximate surface area is 260 Å². The summed E-state index contributed by atoms with van der Waals surface area (Å²) in [6.45, 7) is 7.53. The number of aryl methyl sites for hydroxylation is 1. The number of Topliss-reactive ketones (excluding diaryl/α,β-unsaturated/α-hetero) is 1. The van der Waals surface area contributed by atoms with Crippen LogP contribution in [-0.2, 0) is 14.8 Å². The van der Waals surface area contributed by atoms with Gasteiger partial charge in [0.15, 0.2) is 5.78 Å². The molecule has 3 saturated carbocycles. The second-order valence-electron chi connectivity index (χ2n) is 15.2. The summed E-state index contributed by atoms with van der Waals surface area (Å²) in [7, 11) is -3.58. The lowest BCUT2D eigenvalue weighted by molar-refractivity contribution is -0.174. The number of ketones is 1. The molecule has 1 aromatic heterocycles. The third-order valence-corrected chi connectivity index (χ3v) is 15.5. The van der Waals surface area contributed by atoms with Crippen molar-refractivity contribution in [2.45, 2.75) is 96.4 Å². The average Bonchev–Trinajstić information content (AvgIpc) is 3.67. The van der Waals surface area contributed by atoms with Crippen molar-refractivity contribution in [2.75, 3.05) is 26.0 Å². The summed E-state index contributed by atoms with van der Waals surface area (Å²) in [5.74, 6) is 0.271. The normalized spacial score (nSPS) is 45.1. The molecule has 1 aromatic rings. The molecule has 9 heteroatoms. The highest BCUT2D eigenvalue weighted by Gasteiger charge is 2.74. The molecule has 0 aromatic carbocycles. The van der Waals surface area contributed by atoms with Gasteiger partial charge in [-0.25, -0.2) is 8.42 Å². The van der Waals surface area contributed by atoms with Crippen molar-refractivity contribution in [3.8, 4) is 0 Å². The van der Waals surface area contributed by atoms with E-state index in [0.717, 1.165) is 60.3 Å². The van der Waals surface area contributed by atoms with Gasteiger partial charge in [0.2, 0.25) is 10.0 Å². The Morgan fingerprint density at radius 3 is 2.47 bits per heavy atom. The second-order valence-corrected chi connectivity index (χ2v) is 18.5. The molecule has 7 nitrogen and oxygen atoms in total. The van der Waals surface area contributed by atoms with Gasteiger partial charge in [-0.15, -0.1) is 11.3 Å². The lowest BCUT2D eigenvalue weighted by Gasteiger charge is -2.71. The van der Waals surface area contributed by atoms with E-state index in [-0.39, 0.29) is 47.6 Å². The van der Waals surface area contributed by atoms with Crippen LogP contribution in [0.15, 0.2) is 35.9 Å². The van der Waals surface area contributed by atoms with E-state index in [1.54, 1.807) is 0 Å². The SMILES string of the molecule is Cc1ccc(C(=O)C2=CC34C=CC25C(CCC2(C)C5CCC2(O)CN(CC2CCCO2)S(C)(=O)=O)C3(C)CCC(O)C4)s1. The van der Waals surface area contributed by atoms with Gasteiger partial charge in [-0.2, -0.15) is 4.31 Å². The first-order valence-corrected chi connectivity index (χ1v) is 18.9. The monoisotopic (exact) mass is 629 g/mol. The van der Waals surface area contributed by atoms with Crippen LogP contribution < -0.4 is 0 Å². The molecule has 6 aliphatic carbocycles. The largest absolute Gasteiger partial charge is 0.393 e. The van der Waals surface area contributed by atoms with Gasteiger partial charge in [0.05, 0.1) is 28.9 Å². The van der Waals surface area contributed by atoms with E-state index in [1.807, 2.05) is 19.1 Å². The van der Waals surface area contributed by atoms with Crippen LogP contribution >= 0.6 is 11.3 Å². The van der Waals surface area contributed by atoms with Gasteiger partial charge in [-0.3, -0.25) is 4.79 Å². The number of carbonyl (C=O) groups is 1. The minimum absolute atomic E-state index is 0.0117. The molecule has 43 heavy (non-hydrogen) atoms. The first kappa shape index (κ1) is 30.3. The number of aliphatic hydroxyl groups is 2. The highest BCUT2D eigenvalue weighted by atomic mass is 32.2. The number of hydrogen-bond acceptors (Lipinski definition) is 7. The molecular formula is C34H47NO6S2. The highest BCUT2D eigenvalue weighted by molar-refractivity contribution is 7.88. The number of thiophene rings is 1. The average molecular weight is 630 g/mol. The summed E-state index contributed by atoms with van der Waals surface area (Å²) in [6, 6.07) is 3.94. The molecule has 1 saturated heterocycles. The quantitative estimate of drug-likeness (QED) is 0.315. The van der Waals surface area contributed by atoms with E-state index >= 15 is 0 Å². The van der Waals surface area contributed by atoms with Crippen LogP contribution in [0.1, 0.15) is 86.2 Å². The van der Waals surface area contributed by atoms with Crippen molar-refractivity contribution >= 4 is 27.1 Å². The van der Waals surface area contributed by atoms with Gasteiger partial charge in [0.1, 0.15) is 0 Å². The summed E-state index contributed by atoms with van der Waals surface area (Å²) in [5.41, 5.74) is -1.98. The maximum atomic E-state index is 14.5. The minimum atomic E-state index is -3.58. The molecule has 0 amide bonds. The van der Waals surface area contributed by atoms with E-state index < -0.39 is 32.6 Å². The summed E-state index contributed by atoms with van der Waals surface area (Å²) in [6.07, 6.45) is 14.5. The van der Waals surface area contributed by atoms with Gasteiger partial charge in [-0.05, 0) is 94.1 Å². The predicted octanol–water partition coefficient (Wildman–Crippen LogP) is 5.27. The summed E-state index contributed by atoms with van der Waals surface area (Å²) >= 11 is 1.53. The topological polar surface area (TPSA) is 104 Å². The molecule has 2 N–H and O–H groups in total. The number of allylic oxidation sites excluding steroid dienone is 4. The Balaban J connectivity index is 1.32. The van der Waals surface area contributed by atoms with Gasteiger partial charge < -0.3 is 14.9 Å². The highest BCUT2D eigenvalue weighted by Crippen LogP contribution is 2.78.